The molecule has 3 aromatic rings. The Hall–Kier alpha value is -3.82. The van der Waals surface area contributed by atoms with Gasteiger partial charge in [0, 0.05) is 61.4 Å². The van der Waals surface area contributed by atoms with Crippen LogP contribution in [-0.4, -0.2) is 57.7 Å². The lowest BCUT2D eigenvalue weighted by Gasteiger charge is -2.31. The number of anilines is 1. The van der Waals surface area contributed by atoms with Crippen molar-refractivity contribution in [2.24, 2.45) is 11.8 Å². The Labute approximate surface area is 202 Å². The molecule has 2 aliphatic rings. The third kappa shape index (κ3) is 3.92. The van der Waals surface area contributed by atoms with E-state index in [2.05, 4.69) is 10.3 Å². The number of hydrogen-bond acceptors (Lipinski definition) is 6. The minimum Gasteiger partial charge on any atom is -0.396 e. The Balaban J connectivity index is 1.56. The number of aliphatic hydroxyl groups is 1. The van der Waals surface area contributed by atoms with Crippen LogP contribution in [0.4, 0.5) is 5.69 Å². The van der Waals surface area contributed by atoms with Gasteiger partial charge in [-0.25, -0.2) is 0 Å². The van der Waals surface area contributed by atoms with Crippen molar-refractivity contribution in [3.63, 3.8) is 0 Å². The van der Waals surface area contributed by atoms with E-state index in [1.54, 1.807) is 59.4 Å². The van der Waals surface area contributed by atoms with E-state index < -0.39 is 18.0 Å². The molecule has 2 amide bonds. The SMILES string of the molecule is COCC(=O)N1[C@H](C(=O)Nc2ccccc2)[C@@H](CO)[C@@H]2Cn3c(ccc(-c4ccncc4)c3=O)[C@@H]21. The Bertz CT molecular complexity index is 1290. The molecule has 4 atom stereocenters. The number of benzene rings is 1. The van der Waals surface area contributed by atoms with Gasteiger partial charge in [-0.1, -0.05) is 18.2 Å². The monoisotopic (exact) mass is 474 g/mol. The molecule has 2 aromatic heterocycles. The molecule has 9 heteroatoms. The lowest BCUT2D eigenvalue weighted by Crippen LogP contribution is -2.49. The third-order valence-corrected chi connectivity index (χ3v) is 6.93. The van der Waals surface area contributed by atoms with Gasteiger partial charge in [-0.05, 0) is 42.0 Å². The number of nitrogens with one attached hydrogen (secondary N) is 1. The molecule has 1 fully saturated rings. The number of ether oxygens (including phenoxy) is 1. The fraction of sp³-hybridized carbons (Fsp3) is 0.308. The van der Waals surface area contributed by atoms with Crippen LogP contribution in [0, 0.1) is 11.8 Å². The average Bonchev–Trinajstić information content (AvgIpc) is 3.40. The third-order valence-electron chi connectivity index (χ3n) is 6.93. The number of aromatic nitrogens is 2. The van der Waals surface area contributed by atoms with Gasteiger partial charge in [-0.15, -0.1) is 0 Å². The zero-order chi connectivity index (χ0) is 24.5. The van der Waals surface area contributed by atoms with E-state index in [9.17, 15) is 19.5 Å². The second-order valence-electron chi connectivity index (χ2n) is 8.81. The molecular formula is C26H26N4O5. The number of hydrogen-bond donors (Lipinski definition) is 2. The maximum absolute atomic E-state index is 13.4. The summed E-state index contributed by atoms with van der Waals surface area (Å²) < 4.78 is 6.77. The fourth-order valence-electron chi connectivity index (χ4n) is 5.45. The van der Waals surface area contributed by atoms with E-state index in [1.165, 1.54) is 12.0 Å². The van der Waals surface area contributed by atoms with Crippen molar-refractivity contribution in [1.29, 1.82) is 0 Å². The molecule has 180 valence electrons. The zero-order valence-electron chi connectivity index (χ0n) is 19.2. The van der Waals surface area contributed by atoms with Gasteiger partial charge in [0.25, 0.3) is 5.56 Å². The van der Waals surface area contributed by atoms with Crippen LogP contribution in [0.25, 0.3) is 11.1 Å². The second kappa shape index (κ2) is 9.44. The molecule has 1 saturated heterocycles. The predicted molar refractivity (Wildman–Crippen MR) is 128 cm³/mol. The van der Waals surface area contributed by atoms with Gasteiger partial charge in [0.1, 0.15) is 12.6 Å². The minimum absolute atomic E-state index is 0.177. The molecule has 0 radical (unpaired) electrons. The largest absolute Gasteiger partial charge is 0.396 e. The number of fused-ring (bicyclic) bond motifs is 3. The van der Waals surface area contributed by atoms with Crippen LogP contribution < -0.4 is 10.9 Å². The summed E-state index contributed by atoms with van der Waals surface area (Å²) in [6, 6.07) is 14.7. The van der Waals surface area contributed by atoms with Crippen molar-refractivity contribution < 1.29 is 19.4 Å². The highest BCUT2D eigenvalue weighted by Gasteiger charge is 2.57. The summed E-state index contributed by atoms with van der Waals surface area (Å²) in [6.45, 7) is -0.213. The van der Waals surface area contributed by atoms with Gasteiger partial charge in [0.2, 0.25) is 11.8 Å². The molecule has 0 bridgehead atoms. The van der Waals surface area contributed by atoms with Crippen LogP contribution in [0.5, 0.6) is 0 Å². The lowest BCUT2D eigenvalue weighted by molar-refractivity contribution is -0.143. The van der Waals surface area contributed by atoms with E-state index in [1.807, 2.05) is 12.1 Å². The molecule has 9 nitrogen and oxygen atoms in total. The minimum atomic E-state index is -0.901. The molecule has 2 N–H and O–H groups in total. The van der Waals surface area contributed by atoms with Crippen molar-refractivity contribution in [3.8, 4) is 11.1 Å². The summed E-state index contributed by atoms with van der Waals surface area (Å²) in [6.07, 6.45) is 3.26. The number of carbonyl (C=O) groups is 2. The first kappa shape index (κ1) is 22.9. The number of para-hydroxylation sites is 1. The highest BCUT2D eigenvalue weighted by atomic mass is 16.5. The number of carbonyl (C=O) groups excluding carboxylic acids is 2. The van der Waals surface area contributed by atoms with E-state index in [0.717, 1.165) is 5.56 Å². The molecule has 0 unspecified atom stereocenters. The zero-order valence-corrected chi connectivity index (χ0v) is 19.2. The van der Waals surface area contributed by atoms with Crippen molar-refractivity contribution in [2.75, 3.05) is 25.6 Å². The van der Waals surface area contributed by atoms with Crippen LogP contribution in [-0.2, 0) is 20.9 Å². The molecule has 0 aliphatic carbocycles. The Morgan fingerprint density at radius 3 is 2.54 bits per heavy atom. The maximum Gasteiger partial charge on any atom is 0.258 e. The summed E-state index contributed by atoms with van der Waals surface area (Å²) in [7, 11) is 1.42. The highest BCUT2D eigenvalue weighted by Crippen LogP contribution is 2.49. The highest BCUT2D eigenvalue weighted by molar-refractivity contribution is 5.98. The second-order valence-corrected chi connectivity index (χ2v) is 8.81. The summed E-state index contributed by atoms with van der Waals surface area (Å²) in [5, 5.41) is 13.2. The number of aliphatic hydroxyl groups excluding tert-OH is 1. The van der Waals surface area contributed by atoms with Crippen LogP contribution in [0.1, 0.15) is 11.7 Å². The molecule has 4 heterocycles. The molecule has 1 aromatic carbocycles. The topological polar surface area (TPSA) is 114 Å². The quantitative estimate of drug-likeness (QED) is 0.562. The van der Waals surface area contributed by atoms with Crippen molar-refractivity contribution >= 4 is 17.5 Å². The predicted octanol–water partition coefficient (Wildman–Crippen LogP) is 1.69. The van der Waals surface area contributed by atoms with Crippen LogP contribution in [0.3, 0.4) is 0 Å². The number of pyridine rings is 2. The van der Waals surface area contributed by atoms with Crippen molar-refractivity contribution in [1.82, 2.24) is 14.5 Å². The average molecular weight is 475 g/mol. The number of likely N-dealkylation sites (tertiary alicyclic amines) is 1. The normalized spacial score (nSPS) is 22.5. The molecule has 0 spiro atoms. The Kier molecular flexibility index (Phi) is 6.19. The molecule has 2 aliphatic heterocycles. The number of rotatable bonds is 6. The van der Waals surface area contributed by atoms with E-state index >= 15 is 0 Å². The van der Waals surface area contributed by atoms with Crippen LogP contribution in [0.15, 0.2) is 71.8 Å². The lowest BCUT2D eigenvalue weighted by atomic mass is 9.88. The van der Waals surface area contributed by atoms with Crippen molar-refractivity contribution in [2.45, 2.75) is 18.6 Å². The maximum atomic E-state index is 13.4. The molecule has 0 saturated carbocycles. The van der Waals surface area contributed by atoms with E-state index in [-0.39, 0.29) is 36.5 Å². The van der Waals surface area contributed by atoms with E-state index in [0.29, 0.717) is 23.5 Å². The van der Waals surface area contributed by atoms with Gasteiger partial charge in [-0.3, -0.25) is 19.4 Å². The Morgan fingerprint density at radius 1 is 1.11 bits per heavy atom. The summed E-state index contributed by atoms with van der Waals surface area (Å²) >= 11 is 0. The first-order valence-corrected chi connectivity index (χ1v) is 11.5. The van der Waals surface area contributed by atoms with Gasteiger partial charge in [-0.2, -0.15) is 0 Å². The summed E-state index contributed by atoms with van der Waals surface area (Å²) in [5.74, 6) is -1.59. The van der Waals surface area contributed by atoms with Crippen molar-refractivity contribution in [3.05, 3.63) is 83.0 Å². The van der Waals surface area contributed by atoms with Gasteiger partial charge < -0.3 is 24.6 Å². The van der Waals surface area contributed by atoms with Crippen LogP contribution in [0.2, 0.25) is 0 Å². The standard InChI is InChI=1S/C26H26N4O5/c1-35-15-22(32)30-23-19(20(14-31)24(30)25(33)28-17-5-3-2-4-6-17)13-29-21(23)8-7-18(26(29)34)16-9-11-27-12-10-16/h2-12,19-20,23-24,31H,13-15H2,1H3,(H,28,33)/t19-,20-,23+,24-/m0/s1. The first-order valence-electron chi connectivity index (χ1n) is 11.5. The number of nitrogens with zero attached hydrogens (tertiary/aromatic N) is 3. The smallest absolute Gasteiger partial charge is 0.258 e. The van der Waals surface area contributed by atoms with Crippen LogP contribution >= 0.6 is 0 Å². The van der Waals surface area contributed by atoms with Gasteiger partial charge >= 0.3 is 0 Å². The Morgan fingerprint density at radius 2 is 1.86 bits per heavy atom. The number of methoxy groups -OCH3 is 1. The van der Waals surface area contributed by atoms with Gasteiger partial charge in [0.05, 0.1) is 6.04 Å². The summed E-state index contributed by atoms with van der Waals surface area (Å²) in [4.78, 5) is 45.6. The number of amides is 2. The molecule has 35 heavy (non-hydrogen) atoms. The molecular weight excluding hydrogens is 448 g/mol. The molecule has 5 rings (SSSR count). The van der Waals surface area contributed by atoms with E-state index in [4.69, 9.17) is 4.74 Å². The first-order chi connectivity index (χ1) is 17.0. The summed E-state index contributed by atoms with van der Waals surface area (Å²) in [5.41, 5.74) is 2.36. The van der Waals surface area contributed by atoms with Gasteiger partial charge in [0.15, 0.2) is 0 Å². The fourth-order valence-corrected chi connectivity index (χ4v) is 5.45.